The maximum Gasteiger partial charge on any atom is 0.292 e. The Hall–Kier alpha value is -3.13. The van der Waals surface area contributed by atoms with Crippen LogP contribution in [0.2, 0.25) is 0 Å². The van der Waals surface area contributed by atoms with Crippen molar-refractivity contribution in [3.8, 4) is 0 Å². The van der Waals surface area contributed by atoms with Crippen molar-refractivity contribution < 1.29 is 14.1 Å². The molecule has 0 aliphatic carbocycles. The standard InChI is InChI=1S/C16H12FN3O3S/c17-12-8-5-11(6-9-12)7-10-15(21)19-16(24)18-13-3-1-2-4-14(13)20(22)23/h1-10H,(H2,18,19,21,24). The molecule has 0 spiro atoms. The molecule has 0 bridgehead atoms. The first-order chi connectivity index (χ1) is 11.5. The summed E-state index contributed by atoms with van der Waals surface area (Å²) >= 11 is 4.96. The molecule has 1 amide bonds. The highest BCUT2D eigenvalue weighted by atomic mass is 32.1. The number of nitro groups is 1. The van der Waals surface area contributed by atoms with E-state index in [2.05, 4.69) is 10.6 Å². The summed E-state index contributed by atoms with van der Waals surface area (Å²) in [7, 11) is 0. The van der Waals surface area contributed by atoms with E-state index in [9.17, 15) is 19.3 Å². The third-order valence-electron chi connectivity index (χ3n) is 2.88. The third kappa shape index (κ3) is 4.96. The number of para-hydroxylation sites is 2. The molecule has 0 aliphatic rings. The van der Waals surface area contributed by atoms with E-state index in [0.717, 1.165) is 0 Å². The summed E-state index contributed by atoms with van der Waals surface area (Å²) in [6.07, 6.45) is 2.71. The maximum atomic E-state index is 12.8. The van der Waals surface area contributed by atoms with Gasteiger partial charge in [0.05, 0.1) is 4.92 Å². The number of nitrogens with one attached hydrogen (secondary N) is 2. The van der Waals surface area contributed by atoms with Gasteiger partial charge in [0, 0.05) is 12.1 Å². The van der Waals surface area contributed by atoms with Gasteiger partial charge in [-0.05, 0) is 42.1 Å². The Morgan fingerprint density at radius 1 is 1.17 bits per heavy atom. The summed E-state index contributed by atoms with van der Waals surface area (Å²) < 4.78 is 12.8. The zero-order valence-corrected chi connectivity index (χ0v) is 13.0. The van der Waals surface area contributed by atoms with Gasteiger partial charge in [-0.25, -0.2) is 4.39 Å². The minimum Gasteiger partial charge on any atom is -0.327 e. The number of nitro benzene ring substituents is 1. The number of nitrogens with zero attached hydrogens (tertiary/aromatic N) is 1. The van der Waals surface area contributed by atoms with Crippen molar-refractivity contribution in [3.63, 3.8) is 0 Å². The third-order valence-corrected chi connectivity index (χ3v) is 3.09. The number of hydrogen-bond donors (Lipinski definition) is 2. The topological polar surface area (TPSA) is 84.3 Å². The summed E-state index contributed by atoms with van der Waals surface area (Å²) in [5, 5.41) is 15.8. The largest absolute Gasteiger partial charge is 0.327 e. The van der Waals surface area contributed by atoms with Crippen LogP contribution in [0.4, 0.5) is 15.8 Å². The van der Waals surface area contributed by atoms with Crippen molar-refractivity contribution in [2.45, 2.75) is 0 Å². The molecule has 0 atom stereocenters. The monoisotopic (exact) mass is 345 g/mol. The number of halogens is 1. The smallest absolute Gasteiger partial charge is 0.292 e. The molecular formula is C16H12FN3O3S. The molecule has 0 aromatic heterocycles. The predicted molar refractivity (Wildman–Crippen MR) is 92.9 cm³/mol. The summed E-state index contributed by atoms with van der Waals surface area (Å²) in [5.41, 5.74) is 0.662. The summed E-state index contributed by atoms with van der Waals surface area (Å²) in [5.74, 6) is -0.887. The first-order valence-electron chi connectivity index (χ1n) is 6.75. The van der Waals surface area contributed by atoms with Crippen molar-refractivity contribution in [1.29, 1.82) is 0 Å². The van der Waals surface area contributed by atoms with Crippen LogP contribution in [-0.2, 0) is 4.79 Å². The van der Waals surface area contributed by atoms with Gasteiger partial charge in [-0.3, -0.25) is 20.2 Å². The highest BCUT2D eigenvalue weighted by molar-refractivity contribution is 7.80. The predicted octanol–water partition coefficient (Wildman–Crippen LogP) is 3.26. The second-order valence-electron chi connectivity index (χ2n) is 4.60. The van der Waals surface area contributed by atoms with Gasteiger partial charge >= 0.3 is 0 Å². The van der Waals surface area contributed by atoms with Gasteiger partial charge in [-0.1, -0.05) is 24.3 Å². The van der Waals surface area contributed by atoms with E-state index >= 15 is 0 Å². The fourth-order valence-electron chi connectivity index (χ4n) is 1.79. The molecule has 122 valence electrons. The Bertz CT molecular complexity index is 806. The number of carbonyl (C=O) groups excluding carboxylic acids is 1. The Morgan fingerprint density at radius 3 is 2.50 bits per heavy atom. The molecule has 0 unspecified atom stereocenters. The molecule has 2 rings (SSSR count). The number of benzene rings is 2. The summed E-state index contributed by atoms with van der Waals surface area (Å²) in [6.45, 7) is 0. The molecule has 0 fully saturated rings. The molecule has 0 saturated heterocycles. The van der Waals surface area contributed by atoms with Crippen LogP contribution in [-0.4, -0.2) is 15.9 Å². The van der Waals surface area contributed by atoms with E-state index < -0.39 is 10.8 Å². The molecule has 0 saturated carbocycles. The van der Waals surface area contributed by atoms with E-state index in [1.165, 1.54) is 54.6 Å². The van der Waals surface area contributed by atoms with Gasteiger partial charge in [0.1, 0.15) is 11.5 Å². The first kappa shape index (κ1) is 17.2. The number of hydrogen-bond acceptors (Lipinski definition) is 4. The number of carbonyl (C=O) groups is 1. The van der Waals surface area contributed by atoms with Crippen molar-refractivity contribution in [1.82, 2.24) is 5.32 Å². The molecule has 2 aromatic rings. The quantitative estimate of drug-likeness (QED) is 0.385. The molecule has 24 heavy (non-hydrogen) atoms. The van der Waals surface area contributed by atoms with Crippen LogP contribution in [0.1, 0.15) is 5.56 Å². The Balaban J connectivity index is 1.96. The van der Waals surface area contributed by atoms with Crippen LogP contribution in [0.3, 0.4) is 0 Å². The lowest BCUT2D eigenvalue weighted by molar-refractivity contribution is -0.383. The Morgan fingerprint density at radius 2 is 1.83 bits per heavy atom. The number of thiocarbonyl (C=S) groups is 1. The van der Waals surface area contributed by atoms with E-state index in [4.69, 9.17) is 12.2 Å². The first-order valence-corrected chi connectivity index (χ1v) is 7.15. The lowest BCUT2D eigenvalue weighted by atomic mass is 10.2. The fraction of sp³-hybridized carbons (Fsp3) is 0. The minimum atomic E-state index is -0.554. The molecule has 0 heterocycles. The van der Waals surface area contributed by atoms with Gasteiger partial charge in [0.25, 0.3) is 5.69 Å². The summed E-state index contributed by atoms with van der Waals surface area (Å²) in [6, 6.07) is 11.5. The maximum absolute atomic E-state index is 12.8. The average molecular weight is 345 g/mol. The van der Waals surface area contributed by atoms with E-state index in [-0.39, 0.29) is 22.3 Å². The highest BCUT2D eigenvalue weighted by Crippen LogP contribution is 2.22. The van der Waals surface area contributed by atoms with Crippen LogP contribution in [0, 0.1) is 15.9 Å². The lowest BCUT2D eigenvalue weighted by Crippen LogP contribution is -2.33. The van der Waals surface area contributed by atoms with Crippen molar-refractivity contribution >= 4 is 40.7 Å². The second kappa shape index (κ2) is 7.93. The highest BCUT2D eigenvalue weighted by Gasteiger charge is 2.13. The normalized spacial score (nSPS) is 10.4. The average Bonchev–Trinajstić information content (AvgIpc) is 2.54. The molecule has 6 nitrogen and oxygen atoms in total. The molecule has 0 radical (unpaired) electrons. The Labute approximate surface area is 142 Å². The van der Waals surface area contributed by atoms with E-state index in [1.807, 2.05) is 0 Å². The minimum absolute atomic E-state index is 0.0712. The molecular weight excluding hydrogens is 333 g/mol. The van der Waals surface area contributed by atoms with E-state index in [1.54, 1.807) is 6.07 Å². The van der Waals surface area contributed by atoms with Gasteiger partial charge in [0.15, 0.2) is 5.11 Å². The SMILES string of the molecule is O=C(C=Cc1ccc(F)cc1)NC(=S)Nc1ccccc1[N+](=O)[O-]. The number of anilines is 1. The number of amides is 1. The van der Waals surface area contributed by atoms with Gasteiger partial charge in [-0.2, -0.15) is 0 Å². The molecule has 2 N–H and O–H groups in total. The summed E-state index contributed by atoms with van der Waals surface area (Å²) in [4.78, 5) is 22.1. The van der Waals surface area contributed by atoms with E-state index in [0.29, 0.717) is 5.56 Å². The molecule has 2 aromatic carbocycles. The van der Waals surface area contributed by atoms with Crippen LogP contribution < -0.4 is 10.6 Å². The van der Waals surface area contributed by atoms with Crippen LogP contribution in [0.25, 0.3) is 6.08 Å². The van der Waals surface area contributed by atoms with Crippen molar-refractivity contribution in [2.24, 2.45) is 0 Å². The zero-order valence-electron chi connectivity index (χ0n) is 12.2. The van der Waals surface area contributed by atoms with Crippen molar-refractivity contribution in [3.05, 3.63) is 76.1 Å². The van der Waals surface area contributed by atoms with Gasteiger partial charge < -0.3 is 5.32 Å². The van der Waals surface area contributed by atoms with Gasteiger partial charge in [0.2, 0.25) is 5.91 Å². The van der Waals surface area contributed by atoms with Gasteiger partial charge in [-0.15, -0.1) is 0 Å². The molecule has 8 heteroatoms. The van der Waals surface area contributed by atoms with Crippen LogP contribution in [0.5, 0.6) is 0 Å². The number of rotatable bonds is 4. The van der Waals surface area contributed by atoms with Crippen molar-refractivity contribution in [2.75, 3.05) is 5.32 Å². The second-order valence-corrected chi connectivity index (χ2v) is 5.01. The lowest BCUT2D eigenvalue weighted by Gasteiger charge is -2.08. The van der Waals surface area contributed by atoms with Crippen LogP contribution in [0.15, 0.2) is 54.6 Å². The Kier molecular flexibility index (Phi) is 5.69. The van der Waals surface area contributed by atoms with Crippen LogP contribution >= 0.6 is 12.2 Å². The zero-order chi connectivity index (χ0) is 17.5. The molecule has 0 aliphatic heterocycles. The fourth-order valence-corrected chi connectivity index (χ4v) is 2.00.